The number of hydrogen-bond donors (Lipinski definition) is 1. The molecule has 1 aliphatic heterocycles. The zero-order valence-corrected chi connectivity index (χ0v) is 15.6. The number of piperazine rings is 1. The SMILES string of the molecule is CN1CCN(CCCCNC(=O)c2cc3cccc(Br)c3o2)CC1. The third kappa shape index (κ3) is 4.37. The highest BCUT2D eigenvalue weighted by atomic mass is 79.9. The first-order chi connectivity index (χ1) is 11.6. The summed E-state index contributed by atoms with van der Waals surface area (Å²) in [6.45, 7) is 6.40. The van der Waals surface area contributed by atoms with E-state index in [0.717, 1.165) is 61.0 Å². The molecule has 0 saturated carbocycles. The van der Waals surface area contributed by atoms with Crippen molar-refractivity contribution in [1.29, 1.82) is 0 Å². The molecule has 1 aromatic heterocycles. The second-order valence-electron chi connectivity index (χ2n) is 6.38. The smallest absolute Gasteiger partial charge is 0.287 e. The van der Waals surface area contributed by atoms with Crippen LogP contribution in [0.2, 0.25) is 0 Å². The van der Waals surface area contributed by atoms with Gasteiger partial charge in [0.15, 0.2) is 5.76 Å². The van der Waals surface area contributed by atoms with Crippen LogP contribution >= 0.6 is 15.9 Å². The Morgan fingerprint density at radius 1 is 1.25 bits per heavy atom. The van der Waals surface area contributed by atoms with Crippen molar-refractivity contribution >= 4 is 32.8 Å². The Hall–Kier alpha value is -1.37. The van der Waals surface area contributed by atoms with Gasteiger partial charge in [0, 0.05) is 38.1 Å². The molecule has 1 aromatic carbocycles. The number of amides is 1. The molecule has 5 nitrogen and oxygen atoms in total. The van der Waals surface area contributed by atoms with Crippen LogP contribution in [-0.2, 0) is 0 Å². The van der Waals surface area contributed by atoms with Crippen LogP contribution in [0.4, 0.5) is 0 Å². The minimum atomic E-state index is -0.141. The summed E-state index contributed by atoms with van der Waals surface area (Å²) >= 11 is 3.44. The quantitative estimate of drug-likeness (QED) is 0.766. The van der Waals surface area contributed by atoms with Crippen LogP contribution in [0.1, 0.15) is 23.4 Å². The fourth-order valence-corrected chi connectivity index (χ4v) is 3.42. The molecule has 2 heterocycles. The third-order valence-corrected chi connectivity index (χ3v) is 5.13. The van der Waals surface area contributed by atoms with Gasteiger partial charge in [-0.1, -0.05) is 12.1 Å². The Bertz CT molecular complexity index is 693. The molecule has 0 atom stereocenters. The number of halogens is 1. The lowest BCUT2D eigenvalue weighted by molar-refractivity contribution is 0.0926. The molecule has 1 N–H and O–H groups in total. The molecular weight excluding hydrogens is 370 g/mol. The molecule has 0 bridgehead atoms. The van der Waals surface area contributed by atoms with Crippen molar-refractivity contribution in [2.45, 2.75) is 12.8 Å². The van der Waals surface area contributed by atoms with Gasteiger partial charge < -0.3 is 19.5 Å². The number of unbranched alkanes of at least 4 members (excludes halogenated alkanes) is 1. The lowest BCUT2D eigenvalue weighted by Gasteiger charge is -2.32. The Morgan fingerprint density at radius 2 is 2.04 bits per heavy atom. The van der Waals surface area contributed by atoms with E-state index in [-0.39, 0.29) is 5.91 Å². The van der Waals surface area contributed by atoms with E-state index in [1.54, 1.807) is 6.07 Å². The minimum absolute atomic E-state index is 0.141. The van der Waals surface area contributed by atoms with Crippen molar-refractivity contribution in [1.82, 2.24) is 15.1 Å². The van der Waals surface area contributed by atoms with E-state index >= 15 is 0 Å². The van der Waals surface area contributed by atoms with Crippen LogP contribution in [0.5, 0.6) is 0 Å². The van der Waals surface area contributed by atoms with Crippen molar-refractivity contribution < 1.29 is 9.21 Å². The highest BCUT2D eigenvalue weighted by molar-refractivity contribution is 9.10. The number of carbonyl (C=O) groups excluding carboxylic acids is 1. The number of hydrogen-bond acceptors (Lipinski definition) is 4. The second kappa shape index (κ2) is 8.14. The highest BCUT2D eigenvalue weighted by Crippen LogP contribution is 2.26. The van der Waals surface area contributed by atoms with E-state index < -0.39 is 0 Å². The van der Waals surface area contributed by atoms with Crippen LogP contribution in [0.3, 0.4) is 0 Å². The third-order valence-electron chi connectivity index (χ3n) is 4.50. The van der Waals surface area contributed by atoms with E-state index in [0.29, 0.717) is 12.3 Å². The van der Waals surface area contributed by atoms with E-state index in [2.05, 4.69) is 38.1 Å². The Kier molecular flexibility index (Phi) is 5.92. The van der Waals surface area contributed by atoms with Crippen LogP contribution in [0.15, 0.2) is 33.2 Å². The Labute approximate surface area is 151 Å². The lowest BCUT2D eigenvalue weighted by atomic mass is 10.2. The van der Waals surface area contributed by atoms with Gasteiger partial charge in [-0.25, -0.2) is 0 Å². The molecule has 6 heteroatoms. The maximum absolute atomic E-state index is 12.2. The predicted molar refractivity (Wildman–Crippen MR) is 99.4 cm³/mol. The molecule has 2 aromatic rings. The van der Waals surface area contributed by atoms with Crippen LogP contribution < -0.4 is 5.32 Å². The fraction of sp³-hybridized carbons (Fsp3) is 0.500. The van der Waals surface area contributed by atoms with E-state index in [1.807, 2.05) is 18.2 Å². The van der Waals surface area contributed by atoms with E-state index in [9.17, 15) is 4.79 Å². The van der Waals surface area contributed by atoms with Gasteiger partial charge in [-0.15, -0.1) is 0 Å². The van der Waals surface area contributed by atoms with Gasteiger partial charge in [-0.2, -0.15) is 0 Å². The van der Waals surface area contributed by atoms with Crippen molar-refractivity contribution in [3.63, 3.8) is 0 Å². The van der Waals surface area contributed by atoms with Gasteiger partial charge in [0.2, 0.25) is 0 Å². The zero-order chi connectivity index (χ0) is 16.9. The fourth-order valence-electron chi connectivity index (χ4n) is 2.96. The first-order valence-electron chi connectivity index (χ1n) is 8.50. The van der Waals surface area contributed by atoms with Crippen molar-refractivity contribution in [2.75, 3.05) is 46.3 Å². The van der Waals surface area contributed by atoms with Gasteiger partial charge in [-0.05, 0) is 54.5 Å². The molecule has 24 heavy (non-hydrogen) atoms. The topological polar surface area (TPSA) is 48.7 Å². The second-order valence-corrected chi connectivity index (χ2v) is 7.23. The number of fused-ring (bicyclic) bond motifs is 1. The molecule has 1 fully saturated rings. The highest BCUT2D eigenvalue weighted by Gasteiger charge is 2.14. The first-order valence-corrected chi connectivity index (χ1v) is 9.30. The van der Waals surface area contributed by atoms with Crippen LogP contribution in [-0.4, -0.2) is 62.0 Å². The number of nitrogens with zero attached hydrogens (tertiary/aromatic N) is 2. The van der Waals surface area contributed by atoms with Crippen molar-refractivity contribution in [3.8, 4) is 0 Å². The molecule has 1 saturated heterocycles. The monoisotopic (exact) mass is 393 g/mol. The van der Waals surface area contributed by atoms with Gasteiger partial charge in [-0.3, -0.25) is 4.79 Å². The number of para-hydroxylation sites is 1. The number of nitrogens with one attached hydrogen (secondary N) is 1. The summed E-state index contributed by atoms with van der Waals surface area (Å²) in [6.07, 6.45) is 2.09. The molecule has 130 valence electrons. The van der Waals surface area contributed by atoms with Gasteiger partial charge in [0.25, 0.3) is 5.91 Å². The molecule has 0 unspecified atom stereocenters. The molecule has 0 spiro atoms. The van der Waals surface area contributed by atoms with Crippen LogP contribution in [0, 0.1) is 0 Å². The molecule has 1 aliphatic rings. The Balaban J connectivity index is 1.40. The standard InChI is InChI=1S/C18H24BrN3O2/c1-21-9-11-22(12-10-21)8-3-2-7-20-18(23)16-13-14-5-4-6-15(19)17(14)24-16/h4-6,13H,2-3,7-12H2,1H3,(H,20,23). The average molecular weight is 394 g/mol. The van der Waals surface area contributed by atoms with E-state index in [1.165, 1.54) is 0 Å². The number of furan rings is 1. The summed E-state index contributed by atoms with van der Waals surface area (Å²) in [7, 11) is 2.17. The molecule has 0 aliphatic carbocycles. The number of benzene rings is 1. The molecule has 0 radical (unpaired) electrons. The van der Waals surface area contributed by atoms with E-state index in [4.69, 9.17) is 4.42 Å². The van der Waals surface area contributed by atoms with Crippen molar-refractivity contribution in [2.24, 2.45) is 0 Å². The lowest BCUT2D eigenvalue weighted by Crippen LogP contribution is -2.44. The van der Waals surface area contributed by atoms with Crippen molar-refractivity contribution in [3.05, 3.63) is 34.5 Å². The summed E-state index contributed by atoms with van der Waals surface area (Å²) in [5.41, 5.74) is 0.720. The number of rotatable bonds is 6. The molecule has 3 rings (SSSR count). The Morgan fingerprint density at radius 3 is 2.79 bits per heavy atom. The number of likely N-dealkylation sites (N-methyl/N-ethyl adjacent to an activating group) is 1. The average Bonchev–Trinajstić information content (AvgIpc) is 3.02. The van der Waals surface area contributed by atoms with Gasteiger partial charge in [0.1, 0.15) is 5.58 Å². The maximum Gasteiger partial charge on any atom is 0.287 e. The first kappa shape index (κ1) is 17.5. The summed E-state index contributed by atoms with van der Waals surface area (Å²) in [6, 6.07) is 7.57. The van der Waals surface area contributed by atoms with Gasteiger partial charge >= 0.3 is 0 Å². The summed E-state index contributed by atoms with van der Waals surface area (Å²) < 4.78 is 6.52. The largest absolute Gasteiger partial charge is 0.450 e. The maximum atomic E-state index is 12.2. The van der Waals surface area contributed by atoms with Crippen LogP contribution in [0.25, 0.3) is 11.0 Å². The zero-order valence-electron chi connectivity index (χ0n) is 14.1. The molecular formula is C18H24BrN3O2. The predicted octanol–water partition coefficient (Wildman–Crippen LogP) is 2.95. The normalized spacial score (nSPS) is 16.6. The number of carbonyl (C=O) groups is 1. The summed E-state index contributed by atoms with van der Waals surface area (Å²) in [5.74, 6) is 0.230. The summed E-state index contributed by atoms with van der Waals surface area (Å²) in [4.78, 5) is 17.1. The molecule has 1 amide bonds. The van der Waals surface area contributed by atoms with Gasteiger partial charge in [0.05, 0.1) is 4.47 Å². The minimum Gasteiger partial charge on any atom is -0.450 e. The summed E-state index contributed by atoms with van der Waals surface area (Å²) in [5, 5.41) is 3.88.